The van der Waals surface area contributed by atoms with Crippen LogP contribution in [0, 0.1) is 0 Å². The van der Waals surface area contributed by atoms with Gasteiger partial charge in [0.05, 0.1) is 12.2 Å². The minimum absolute atomic E-state index is 0.271. The Labute approximate surface area is 120 Å². The van der Waals surface area contributed by atoms with Crippen molar-refractivity contribution in [2.24, 2.45) is 0 Å². The lowest BCUT2D eigenvalue weighted by Gasteiger charge is -2.29. The number of nitrogens with one attached hydrogen (secondary N) is 1. The van der Waals surface area contributed by atoms with Crippen LogP contribution in [0.25, 0.3) is 0 Å². The molecule has 0 aromatic carbocycles. The van der Waals surface area contributed by atoms with Crippen molar-refractivity contribution >= 4 is 5.97 Å². The molecule has 5 heteroatoms. The fourth-order valence-corrected chi connectivity index (χ4v) is 1.77. The molecule has 20 heavy (non-hydrogen) atoms. The first-order valence-electron chi connectivity index (χ1n) is 7.11. The van der Waals surface area contributed by atoms with Crippen LogP contribution in [-0.4, -0.2) is 22.3 Å². The first-order chi connectivity index (χ1) is 9.17. The van der Waals surface area contributed by atoms with E-state index < -0.39 is 11.1 Å². The van der Waals surface area contributed by atoms with Crippen molar-refractivity contribution in [2.75, 3.05) is 0 Å². The highest BCUT2D eigenvalue weighted by Crippen LogP contribution is 2.39. The van der Waals surface area contributed by atoms with E-state index in [0.29, 0.717) is 12.5 Å². The van der Waals surface area contributed by atoms with Gasteiger partial charge in [-0.3, -0.25) is 10.1 Å². The van der Waals surface area contributed by atoms with Gasteiger partial charge in [0.1, 0.15) is 11.1 Å². The Morgan fingerprint density at radius 1 is 1.40 bits per heavy atom. The Morgan fingerprint density at radius 2 is 2.05 bits per heavy atom. The zero-order valence-electron chi connectivity index (χ0n) is 12.9. The summed E-state index contributed by atoms with van der Waals surface area (Å²) in [4.78, 5) is 12.1. The average Bonchev–Trinajstić information content (AvgIpc) is 3.04. The van der Waals surface area contributed by atoms with Gasteiger partial charge in [-0.15, -0.1) is 0 Å². The first kappa shape index (κ1) is 15.0. The van der Waals surface area contributed by atoms with Gasteiger partial charge in [-0.25, -0.2) is 0 Å². The van der Waals surface area contributed by atoms with Gasteiger partial charge in [0, 0.05) is 12.0 Å². The fraction of sp³-hybridized carbons (Fsp3) is 0.733. The average molecular weight is 280 g/mol. The zero-order chi connectivity index (χ0) is 15.0. The molecular formula is C15H24N2O3. The minimum Gasteiger partial charge on any atom is -0.459 e. The summed E-state index contributed by atoms with van der Waals surface area (Å²) in [5.41, 5.74) is -0.224. The normalized spacial score (nSPS) is 16.2. The Balaban J connectivity index is 1.88. The summed E-state index contributed by atoms with van der Waals surface area (Å²) < 4.78 is 10.7. The molecule has 2 rings (SSSR count). The molecule has 0 bridgehead atoms. The second-order valence-corrected chi connectivity index (χ2v) is 6.97. The molecule has 1 aromatic rings. The lowest BCUT2D eigenvalue weighted by atomic mass is 10.1. The van der Waals surface area contributed by atoms with Crippen LogP contribution in [0.2, 0.25) is 0 Å². The molecule has 0 amide bonds. The predicted octanol–water partition coefficient (Wildman–Crippen LogP) is 2.76. The number of hydrogen-bond acceptors (Lipinski definition) is 5. The maximum absolute atomic E-state index is 12.1. The number of aromatic nitrogens is 1. The summed E-state index contributed by atoms with van der Waals surface area (Å²) in [6.07, 6.45) is 2.39. The second kappa shape index (κ2) is 5.20. The van der Waals surface area contributed by atoms with Gasteiger partial charge < -0.3 is 9.26 Å². The Kier molecular flexibility index (Phi) is 3.91. The van der Waals surface area contributed by atoms with E-state index in [2.05, 4.69) is 10.5 Å². The van der Waals surface area contributed by atoms with Crippen LogP contribution < -0.4 is 5.32 Å². The van der Waals surface area contributed by atoms with Gasteiger partial charge in [-0.1, -0.05) is 5.16 Å². The van der Waals surface area contributed by atoms with Crippen LogP contribution >= 0.6 is 0 Å². The van der Waals surface area contributed by atoms with E-state index in [1.54, 1.807) is 13.8 Å². The number of carbonyl (C=O) groups is 1. The van der Waals surface area contributed by atoms with Crippen molar-refractivity contribution in [1.29, 1.82) is 0 Å². The lowest BCUT2D eigenvalue weighted by Crippen LogP contribution is -2.49. The Morgan fingerprint density at radius 3 is 2.60 bits per heavy atom. The molecule has 1 N–H and O–H groups in total. The number of ether oxygens (including phenoxy) is 1. The molecule has 112 valence electrons. The molecule has 0 aliphatic heterocycles. The van der Waals surface area contributed by atoms with E-state index in [1.165, 1.54) is 12.8 Å². The molecule has 0 unspecified atom stereocenters. The molecule has 5 nitrogen and oxygen atoms in total. The molecule has 0 saturated heterocycles. The monoisotopic (exact) mass is 280 g/mol. The van der Waals surface area contributed by atoms with Crippen LogP contribution in [-0.2, 0) is 16.1 Å². The van der Waals surface area contributed by atoms with Crippen LogP contribution in [0.5, 0.6) is 0 Å². The highest BCUT2D eigenvalue weighted by Gasteiger charge is 2.33. The van der Waals surface area contributed by atoms with E-state index in [-0.39, 0.29) is 5.97 Å². The number of carbonyl (C=O) groups excluding carboxylic acids is 1. The Bertz CT molecular complexity index is 482. The van der Waals surface area contributed by atoms with Crippen LogP contribution in [0.1, 0.15) is 64.8 Å². The summed E-state index contributed by atoms with van der Waals surface area (Å²) in [5, 5.41) is 7.21. The molecule has 1 aliphatic rings. The molecule has 1 heterocycles. The standard InChI is InChI=1S/C15H24N2O3/c1-14(2,3)19-13(18)15(4,5)16-9-11-8-12(17-20-11)10-6-7-10/h8,10,16H,6-7,9H2,1-5H3. The maximum Gasteiger partial charge on any atom is 0.326 e. The van der Waals surface area contributed by atoms with Gasteiger partial charge in [0.25, 0.3) is 0 Å². The van der Waals surface area contributed by atoms with Crippen LogP contribution in [0.3, 0.4) is 0 Å². The first-order valence-corrected chi connectivity index (χ1v) is 7.11. The van der Waals surface area contributed by atoms with Crippen molar-refractivity contribution in [3.8, 4) is 0 Å². The molecule has 1 fully saturated rings. The number of nitrogens with zero attached hydrogens (tertiary/aromatic N) is 1. The van der Waals surface area contributed by atoms with Gasteiger partial charge in [0.2, 0.25) is 0 Å². The van der Waals surface area contributed by atoms with Crippen molar-refractivity contribution in [2.45, 2.75) is 71.1 Å². The van der Waals surface area contributed by atoms with E-state index in [1.807, 2.05) is 26.8 Å². The highest BCUT2D eigenvalue weighted by atomic mass is 16.6. The van der Waals surface area contributed by atoms with Gasteiger partial charge in [-0.05, 0) is 47.5 Å². The van der Waals surface area contributed by atoms with Crippen molar-refractivity contribution in [3.63, 3.8) is 0 Å². The summed E-state index contributed by atoms with van der Waals surface area (Å²) in [7, 11) is 0. The molecule has 1 saturated carbocycles. The number of rotatable bonds is 5. The van der Waals surface area contributed by atoms with Gasteiger partial charge in [-0.2, -0.15) is 0 Å². The van der Waals surface area contributed by atoms with Crippen molar-refractivity contribution in [1.82, 2.24) is 10.5 Å². The molecule has 0 spiro atoms. The summed E-state index contributed by atoms with van der Waals surface area (Å²) in [5.74, 6) is 1.06. The van der Waals surface area contributed by atoms with Crippen molar-refractivity contribution in [3.05, 3.63) is 17.5 Å². The molecule has 0 atom stereocenters. The maximum atomic E-state index is 12.1. The largest absolute Gasteiger partial charge is 0.459 e. The van der Waals surface area contributed by atoms with Gasteiger partial charge in [0.15, 0.2) is 5.76 Å². The smallest absolute Gasteiger partial charge is 0.326 e. The number of hydrogen-bond donors (Lipinski definition) is 1. The summed E-state index contributed by atoms with van der Waals surface area (Å²) in [6.45, 7) is 9.66. The minimum atomic E-state index is -0.764. The van der Waals surface area contributed by atoms with E-state index in [9.17, 15) is 4.79 Å². The summed E-state index contributed by atoms with van der Waals surface area (Å²) in [6, 6.07) is 1.97. The lowest BCUT2D eigenvalue weighted by molar-refractivity contribution is -0.161. The summed E-state index contributed by atoms with van der Waals surface area (Å²) >= 11 is 0. The molecule has 1 aliphatic carbocycles. The molecule has 0 radical (unpaired) electrons. The predicted molar refractivity (Wildman–Crippen MR) is 75.2 cm³/mol. The SMILES string of the molecule is CC(C)(C)OC(=O)C(C)(C)NCc1cc(C2CC2)no1. The van der Waals surface area contributed by atoms with E-state index in [4.69, 9.17) is 9.26 Å². The third kappa shape index (κ3) is 4.07. The highest BCUT2D eigenvalue weighted by molar-refractivity contribution is 5.80. The second-order valence-electron chi connectivity index (χ2n) is 6.97. The fourth-order valence-electron chi connectivity index (χ4n) is 1.77. The van der Waals surface area contributed by atoms with Crippen molar-refractivity contribution < 1.29 is 14.1 Å². The molecule has 1 aromatic heterocycles. The van der Waals surface area contributed by atoms with Gasteiger partial charge >= 0.3 is 5.97 Å². The molecular weight excluding hydrogens is 256 g/mol. The van der Waals surface area contributed by atoms with E-state index >= 15 is 0 Å². The zero-order valence-corrected chi connectivity index (χ0v) is 12.9. The topological polar surface area (TPSA) is 64.4 Å². The third-order valence-corrected chi connectivity index (χ3v) is 3.19. The van der Waals surface area contributed by atoms with E-state index in [0.717, 1.165) is 11.5 Å². The number of esters is 1. The third-order valence-electron chi connectivity index (χ3n) is 3.19. The quantitative estimate of drug-likeness (QED) is 0.840. The van der Waals surface area contributed by atoms with Crippen LogP contribution in [0.4, 0.5) is 0 Å². The Hall–Kier alpha value is -1.36. The van der Waals surface area contributed by atoms with Crippen LogP contribution in [0.15, 0.2) is 10.6 Å².